The van der Waals surface area contributed by atoms with Gasteiger partial charge in [0.15, 0.2) is 9.84 Å². The summed E-state index contributed by atoms with van der Waals surface area (Å²) in [6, 6.07) is 2.63. The fourth-order valence-corrected chi connectivity index (χ4v) is 7.91. The lowest BCUT2D eigenvalue weighted by Gasteiger charge is -2.38. The molecule has 0 bridgehead atoms. The maximum absolute atomic E-state index is 12.3. The van der Waals surface area contributed by atoms with Gasteiger partial charge in [-0.2, -0.15) is 0 Å². The molecule has 1 saturated heterocycles. The van der Waals surface area contributed by atoms with E-state index in [2.05, 4.69) is 9.88 Å². The minimum Gasteiger partial charge on any atom is -0.490 e. The maximum Gasteiger partial charge on any atom is 0.150 e. The van der Waals surface area contributed by atoms with Gasteiger partial charge in [-0.05, 0) is 50.2 Å². The summed E-state index contributed by atoms with van der Waals surface area (Å²) in [5, 5.41) is 1.08. The van der Waals surface area contributed by atoms with E-state index in [-0.39, 0.29) is 23.5 Å². The van der Waals surface area contributed by atoms with Gasteiger partial charge in [-0.1, -0.05) is 6.92 Å². The fourth-order valence-electron chi connectivity index (χ4n) is 5.47. The summed E-state index contributed by atoms with van der Waals surface area (Å²) in [7, 11) is -3.02. The third kappa shape index (κ3) is 4.49. The summed E-state index contributed by atoms with van der Waals surface area (Å²) in [5.41, 5.74) is 1.20. The van der Waals surface area contributed by atoms with Gasteiger partial charge in [0, 0.05) is 41.9 Å². The van der Waals surface area contributed by atoms with Crippen molar-refractivity contribution >= 4 is 31.4 Å². The number of ether oxygens (including phenoxy) is 2. The number of morpholine rings is 1. The zero-order valence-corrected chi connectivity index (χ0v) is 19.8. The summed E-state index contributed by atoms with van der Waals surface area (Å²) in [4.78, 5) is 9.46. The molecule has 2 fully saturated rings. The SMILES string of the molecule is CCS(=O)(=O)C[C@H]1CCc2sc3nccc(O[C@H]4CC[C@H](N5CCOCC5)CC4)c3c21. The van der Waals surface area contributed by atoms with Crippen molar-refractivity contribution in [3.05, 3.63) is 22.7 Å². The molecule has 5 rings (SSSR count). The molecule has 0 amide bonds. The number of thiophene rings is 1. The van der Waals surface area contributed by atoms with Gasteiger partial charge in [0.1, 0.15) is 10.6 Å². The van der Waals surface area contributed by atoms with Crippen LogP contribution in [0, 0.1) is 0 Å². The Bertz CT molecular complexity index is 1020. The molecule has 2 aromatic heterocycles. The van der Waals surface area contributed by atoms with Crippen LogP contribution < -0.4 is 4.74 Å². The maximum atomic E-state index is 12.3. The zero-order valence-electron chi connectivity index (χ0n) is 18.2. The molecule has 2 aliphatic carbocycles. The van der Waals surface area contributed by atoms with Gasteiger partial charge in [-0.25, -0.2) is 13.4 Å². The highest BCUT2D eigenvalue weighted by atomic mass is 32.2. The molecule has 1 atom stereocenters. The smallest absolute Gasteiger partial charge is 0.150 e. The van der Waals surface area contributed by atoms with Crippen molar-refractivity contribution in [2.75, 3.05) is 37.8 Å². The predicted molar refractivity (Wildman–Crippen MR) is 124 cm³/mol. The minimum absolute atomic E-state index is 0.0670. The number of rotatable bonds is 6. The first-order valence-electron chi connectivity index (χ1n) is 11.6. The van der Waals surface area contributed by atoms with Gasteiger partial charge < -0.3 is 9.47 Å². The first-order valence-corrected chi connectivity index (χ1v) is 14.3. The molecule has 0 N–H and O–H groups in total. The Hall–Kier alpha value is -1.22. The van der Waals surface area contributed by atoms with E-state index in [0.717, 1.165) is 80.8 Å². The van der Waals surface area contributed by atoms with Crippen LogP contribution in [-0.4, -0.2) is 68.3 Å². The van der Waals surface area contributed by atoms with Gasteiger partial charge in [-0.3, -0.25) is 4.90 Å². The summed E-state index contributed by atoms with van der Waals surface area (Å²) in [6.07, 6.45) is 8.37. The van der Waals surface area contributed by atoms with Crippen LogP contribution in [0.3, 0.4) is 0 Å². The van der Waals surface area contributed by atoms with Crippen LogP contribution in [0.15, 0.2) is 12.3 Å². The van der Waals surface area contributed by atoms with Crippen molar-refractivity contribution in [3.63, 3.8) is 0 Å². The zero-order chi connectivity index (χ0) is 21.4. The number of pyridine rings is 1. The first kappa shape index (κ1) is 21.6. The molecule has 1 aliphatic heterocycles. The second-order valence-electron chi connectivity index (χ2n) is 9.06. The van der Waals surface area contributed by atoms with Crippen LogP contribution in [0.5, 0.6) is 5.75 Å². The molecule has 0 aromatic carbocycles. The van der Waals surface area contributed by atoms with Gasteiger partial charge in [0.2, 0.25) is 0 Å². The van der Waals surface area contributed by atoms with E-state index in [1.165, 1.54) is 10.4 Å². The first-order chi connectivity index (χ1) is 15.0. The topological polar surface area (TPSA) is 68.7 Å². The molecule has 6 nitrogen and oxygen atoms in total. The molecular weight excluding hydrogens is 432 g/mol. The quantitative estimate of drug-likeness (QED) is 0.648. The number of hydrogen-bond acceptors (Lipinski definition) is 7. The monoisotopic (exact) mass is 464 g/mol. The van der Waals surface area contributed by atoms with Crippen molar-refractivity contribution in [1.29, 1.82) is 0 Å². The van der Waals surface area contributed by atoms with Crippen LogP contribution >= 0.6 is 11.3 Å². The average Bonchev–Trinajstić information content (AvgIpc) is 3.35. The van der Waals surface area contributed by atoms with Crippen LogP contribution in [0.4, 0.5) is 0 Å². The minimum atomic E-state index is -3.02. The Balaban J connectivity index is 1.33. The summed E-state index contributed by atoms with van der Waals surface area (Å²) >= 11 is 1.71. The van der Waals surface area contributed by atoms with Crippen LogP contribution in [-0.2, 0) is 21.0 Å². The highest BCUT2D eigenvalue weighted by Gasteiger charge is 2.33. The van der Waals surface area contributed by atoms with Crippen molar-refractivity contribution in [2.24, 2.45) is 0 Å². The van der Waals surface area contributed by atoms with Gasteiger partial charge in [0.25, 0.3) is 0 Å². The molecule has 0 radical (unpaired) electrons. The summed E-state index contributed by atoms with van der Waals surface area (Å²) < 4.78 is 36.7. The molecule has 170 valence electrons. The Morgan fingerprint density at radius 2 is 1.97 bits per heavy atom. The van der Waals surface area contributed by atoms with E-state index in [0.29, 0.717) is 6.04 Å². The van der Waals surface area contributed by atoms with Crippen molar-refractivity contribution in [1.82, 2.24) is 9.88 Å². The number of fused-ring (bicyclic) bond motifs is 3. The number of aryl methyl sites for hydroxylation is 1. The van der Waals surface area contributed by atoms with E-state index in [4.69, 9.17) is 9.47 Å². The van der Waals surface area contributed by atoms with Crippen LogP contribution in [0.1, 0.15) is 55.4 Å². The highest BCUT2D eigenvalue weighted by Crippen LogP contribution is 2.47. The summed E-state index contributed by atoms with van der Waals surface area (Å²) in [5.74, 6) is 1.41. The van der Waals surface area contributed by atoms with Gasteiger partial charge >= 0.3 is 0 Å². The fraction of sp³-hybridized carbons (Fsp3) is 0.696. The van der Waals surface area contributed by atoms with E-state index < -0.39 is 9.84 Å². The van der Waals surface area contributed by atoms with Crippen LogP contribution in [0.25, 0.3) is 10.2 Å². The molecule has 1 saturated carbocycles. The highest BCUT2D eigenvalue weighted by molar-refractivity contribution is 7.91. The normalized spacial score (nSPS) is 27.5. The van der Waals surface area contributed by atoms with E-state index >= 15 is 0 Å². The molecule has 8 heteroatoms. The van der Waals surface area contributed by atoms with Crippen molar-refractivity contribution < 1.29 is 17.9 Å². The Morgan fingerprint density at radius 3 is 2.71 bits per heavy atom. The predicted octanol–water partition coefficient (Wildman–Crippen LogP) is 3.78. The lowest BCUT2D eigenvalue weighted by Crippen LogP contribution is -2.46. The number of nitrogens with zero attached hydrogens (tertiary/aromatic N) is 2. The lowest BCUT2D eigenvalue weighted by atomic mass is 9.91. The third-order valence-electron chi connectivity index (χ3n) is 7.19. The average molecular weight is 465 g/mol. The Kier molecular flexibility index (Phi) is 6.25. The second kappa shape index (κ2) is 8.96. The lowest BCUT2D eigenvalue weighted by molar-refractivity contribution is -0.000919. The van der Waals surface area contributed by atoms with Crippen molar-refractivity contribution in [2.45, 2.75) is 63.5 Å². The van der Waals surface area contributed by atoms with Crippen molar-refractivity contribution in [3.8, 4) is 5.75 Å². The van der Waals surface area contributed by atoms with Gasteiger partial charge in [0.05, 0.1) is 30.5 Å². The molecule has 0 unspecified atom stereocenters. The molecule has 2 aromatic rings. The number of sulfone groups is 1. The standard InChI is InChI=1S/C23H32N2O4S2/c1-2-31(26,27)15-16-3-8-20-21(16)22-19(9-10-24-23(22)30-20)29-18-6-4-17(5-7-18)25-11-13-28-14-12-25/h9-10,16-18H,2-8,11-15H2,1H3/t16-,17-,18-/m1/s1. The van der Waals surface area contributed by atoms with Crippen LogP contribution in [0.2, 0.25) is 0 Å². The van der Waals surface area contributed by atoms with E-state index in [1.54, 1.807) is 18.3 Å². The number of hydrogen-bond donors (Lipinski definition) is 0. The largest absolute Gasteiger partial charge is 0.490 e. The Morgan fingerprint density at radius 1 is 1.19 bits per heavy atom. The molecule has 31 heavy (non-hydrogen) atoms. The molecular formula is C23H32N2O4S2. The second-order valence-corrected chi connectivity index (χ2v) is 12.5. The van der Waals surface area contributed by atoms with E-state index in [9.17, 15) is 8.42 Å². The van der Waals surface area contributed by atoms with E-state index in [1.807, 2.05) is 12.3 Å². The number of aromatic nitrogens is 1. The molecule has 3 aliphatic rings. The Labute approximate surface area is 188 Å². The molecule has 0 spiro atoms. The van der Waals surface area contributed by atoms with Gasteiger partial charge in [-0.15, -0.1) is 11.3 Å². The summed E-state index contributed by atoms with van der Waals surface area (Å²) in [6.45, 7) is 5.53. The molecule has 3 heterocycles. The third-order valence-corrected chi connectivity index (χ3v) is 10.2.